The van der Waals surface area contributed by atoms with Gasteiger partial charge in [0.25, 0.3) is 0 Å². The Morgan fingerprint density at radius 2 is 1.66 bits per heavy atom. The fourth-order valence-corrected chi connectivity index (χ4v) is 3.14. The van der Waals surface area contributed by atoms with Crippen LogP contribution in [0.15, 0.2) is 83.9 Å². The summed E-state index contributed by atoms with van der Waals surface area (Å²) in [6.07, 6.45) is 3.04. The molecular weight excluding hydrogens is 366 g/mol. The van der Waals surface area contributed by atoms with Gasteiger partial charge in [0.05, 0.1) is 22.8 Å². The van der Waals surface area contributed by atoms with Crippen molar-refractivity contribution in [1.29, 1.82) is 0 Å². The molecule has 0 saturated carbocycles. The molecule has 2 amide bonds. The third-order valence-corrected chi connectivity index (χ3v) is 4.45. The molecule has 0 atom stereocenters. The van der Waals surface area contributed by atoms with Gasteiger partial charge in [-0.2, -0.15) is 0 Å². The summed E-state index contributed by atoms with van der Waals surface area (Å²) < 4.78 is 1.90. The fourth-order valence-electron chi connectivity index (χ4n) is 3.14. The molecule has 0 unspecified atom stereocenters. The van der Waals surface area contributed by atoms with Crippen molar-refractivity contribution in [2.45, 2.75) is 0 Å². The highest BCUT2D eigenvalue weighted by atomic mass is 16.2. The Hall–Kier alpha value is -4.13. The standard InChI is InChI=1S/C22H19N5O2/c1-23-22(29)26-18-14-24-13-17-19(28)12-20(25-15-8-4-2-5-9-15)27(21(17)18)16-10-6-3-7-11-16/h2-14,25H,1H3,(H2,23,26,29). The van der Waals surface area contributed by atoms with Crippen molar-refractivity contribution in [3.63, 3.8) is 0 Å². The number of hydrogen-bond acceptors (Lipinski definition) is 4. The number of anilines is 3. The molecule has 144 valence electrons. The first-order valence-corrected chi connectivity index (χ1v) is 9.07. The molecule has 4 aromatic rings. The smallest absolute Gasteiger partial charge is 0.319 e. The number of benzene rings is 2. The zero-order valence-corrected chi connectivity index (χ0v) is 15.7. The molecule has 0 saturated heterocycles. The van der Waals surface area contributed by atoms with E-state index in [1.54, 1.807) is 0 Å². The monoisotopic (exact) mass is 385 g/mol. The Labute approximate surface area is 167 Å². The molecule has 0 aliphatic carbocycles. The summed E-state index contributed by atoms with van der Waals surface area (Å²) in [6.45, 7) is 0. The minimum absolute atomic E-state index is 0.196. The molecule has 7 nitrogen and oxygen atoms in total. The molecule has 0 radical (unpaired) electrons. The van der Waals surface area contributed by atoms with Crippen molar-refractivity contribution in [2.75, 3.05) is 17.7 Å². The van der Waals surface area contributed by atoms with Gasteiger partial charge < -0.3 is 16.0 Å². The SMILES string of the molecule is CNC(=O)Nc1cncc2c(=O)cc(Nc3ccccc3)n(-c3ccccc3)c12. The summed E-state index contributed by atoms with van der Waals surface area (Å²) in [4.78, 5) is 29.0. The Kier molecular flexibility index (Phi) is 4.94. The zero-order chi connectivity index (χ0) is 20.2. The maximum absolute atomic E-state index is 12.9. The number of para-hydroxylation sites is 2. The predicted molar refractivity (Wildman–Crippen MR) is 115 cm³/mol. The second-order valence-corrected chi connectivity index (χ2v) is 6.34. The molecule has 29 heavy (non-hydrogen) atoms. The summed E-state index contributed by atoms with van der Waals surface area (Å²) in [6, 6.07) is 20.3. The summed E-state index contributed by atoms with van der Waals surface area (Å²) in [5.41, 5.74) is 2.46. The van der Waals surface area contributed by atoms with Crippen LogP contribution in [0.3, 0.4) is 0 Å². The van der Waals surface area contributed by atoms with E-state index in [0.29, 0.717) is 22.4 Å². The predicted octanol–water partition coefficient (Wildman–Crippen LogP) is 3.88. The summed E-state index contributed by atoms with van der Waals surface area (Å²) in [5.74, 6) is 0.575. The van der Waals surface area contributed by atoms with Gasteiger partial charge in [-0.05, 0) is 24.3 Å². The third-order valence-electron chi connectivity index (χ3n) is 4.45. The average molecular weight is 385 g/mol. The van der Waals surface area contributed by atoms with E-state index in [2.05, 4.69) is 20.9 Å². The van der Waals surface area contributed by atoms with E-state index in [1.165, 1.54) is 25.5 Å². The molecule has 0 bridgehead atoms. The number of nitrogens with one attached hydrogen (secondary N) is 3. The molecule has 3 N–H and O–H groups in total. The van der Waals surface area contributed by atoms with Gasteiger partial charge in [-0.1, -0.05) is 36.4 Å². The molecule has 0 fully saturated rings. The van der Waals surface area contributed by atoms with Crippen molar-refractivity contribution < 1.29 is 4.79 Å². The highest BCUT2D eigenvalue weighted by Crippen LogP contribution is 2.29. The van der Waals surface area contributed by atoms with E-state index in [9.17, 15) is 9.59 Å². The van der Waals surface area contributed by atoms with Crippen molar-refractivity contribution >= 4 is 34.1 Å². The third kappa shape index (κ3) is 3.66. The zero-order valence-electron chi connectivity index (χ0n) is 15.7. The summed E-state index contributed by atoms with van der Waals surface area (Å²) in [7, 11) is 1.53. The number of hydrogen-bond donors (Lipinski definition) is 3. The number of carbonyl (C=O) groups excluding carboxylic acids is 1. The van der Waals surface area contributed by atoms with Crippen LogP contribution in [-0.4, -0.2) is 22.6 Å². The lowest BCUT2D eigenvalue weighted by Crippen LogP contribution is -2.25. The van der Waals surface area contributed by atoms with Crippen LogP contribution in [0.1, 0.15) is 0 Å². The molecular formula is C22H19N5O2. The van der Waals surface area contributed by atoms with E-state index < -0.39 is 6.03 Å². The van der Waals surface area contributed by atoms with Crippen molar-refractivity contribution in [3.05, 3.63) is 89.3 Å². The number of pyridine rings is 2. The maximum Gasteiger partial charge on any atom is 0.319 e. The normalized spacial score (nSPS) is 10.5. The van der Waals surface area contributed by atoms with Gasteiger partial charge in [-0.3, -0.25) is 14.3 Å². The fraction of sp³-hybridized carbons (Fsp3) is 0.0455. The van der Waals surface area contributed by atoms with Crippen LogP contribution >= 0.6 is 0 Å². The van der Waals surface area contributed by atoms with E-state index >= 15 is 0 Å². The quantitative estimate of drug-likeness (QED) is 0.497. The lowest BCUT2D eigenvalue weighted by molar-refractivity contribution is 0.254. The molecule has 0 aliphatic rings. The topological polar surface area (TPSA) is 88.1 Å². The van der Waals surface area contributed by atoms with Crippen LogP contribution in [0.2, 0.25) is 0 Å². The molecule has 4 rings (SSSR count). The number of urea groups is 1. The molecule has 2 aromatic heterocycles. The van der Waals surface area contributed by atoms with Crippen LogP contribution in [-0.2, 0) is 0 Å². The lowest BCUT2D eigenvalue weighted by atomic mass is 10.2. The van der Waals surface area contributed by atoms with Gasteiger partial charge in [0, 0.05) is 30.7 Å². The largest absolute Gasteiger partial charge is 0.341 e. The molecule has 7 heteroatoms. The van der Waals surface area contributed by atoms with E-state index in [-0.39, 0.29) is 5.43 Å². The number of rotatable bonds is 4. The first-order valence-electron chi connectivity index (χ1n) is 9.07. The second-order valence-electron chi connectivity index (χ2n) is 6.34. The van der Waals surface area contributed by atoms with Gasteiger partial charge in [-0.15, -0.1) is 0 Å². The van der Waals surface area contributed by atoms with Gasteiger partial charge in [0.1, 0.15) is 5.82 Å². The number of amides is 2. The maximum atomic E-state index is 12.9. The Bertz CT molecular complexity index is 1220. The van der Waals surface area contributed by atoms with Gasteiger partial charge in [0.15, 0.2) is 5.43 Å². The van der Waals surface area contributed by atoms with Crippen LogP contribution in [0.5, 0.6) is 0 Å². The minimum atomic E-state index is -0.396. The van der Waals surface area contributed by atoms with E-state index in [1.807, 2.05) is 65.2 Å². The van der Waals surface area contributed by atoms with Gasteiger partial charge in [0.2, 0.25) is 0 Å². The van der Waals surface area contributed by atoms with Crippen LogP contribution < -0.4 is 21.4 Å². The van der Waals surface area contributed by atoms with Crippen molar-refractivity contribution in [1.82, 2.24) is 14.9 Å². The van der Waals surface area contributed by atoms with Gasteiger partial charge in [-0.25, -0.2) is 4.79 Å². The van der Waals surface area contributed by atoms with Crippen molar-refractivity contribution in [3.8, 4) is 5.69 Å². The first-order chi connectivity index (χ1) is 14.2. The first kappa shape index (κ1) is 18.2. The van der Waals surface area contributed by atoms with Crippen LogP contribution in [0.25, 0.3) is 16.6 Å². The summed E-state index contributed by atoms with van der Waals surface area (Å²) >= 11 is 0. The molecule has 2 heterocycles. The van der Waals surface area contributed by atoms with E-state index in [4.69, 9.17) is 0 Å². The number of aromatic nitrogens is 2. The van der Waals surface area contributed by atoms with Gasteiger partial charge >= 0.3 is 6.03 Å². The lowest BCUT2D eigenvalue weighted by Gasteiger charge is -2.20. The number of carbonyl (C=O) groups is 1. The van der Waals surface area contributed by atoms with Crippen LogP contribution in [0, 0.1) is 0 Å². The molecule has 2 aromatic carbocycles. The average Bonchev–Trinajstić information content (AvgIpc) is 2.75. The van der Waals surface area contributed by atoms with Crippen molar-refractivity contribution in [2.24, 2.45) is 0 Å². The molecule has 0 aliphatic heterocycles. The number of fused-ring (bicyclic) bond motifs is 1. The van der Waals surface area contributed by atoms with Crippen LogP contribution in [0.4, 0.5) is 22.0 Å². The van der Waals surface area contributed by atoms with E-state index in [0.717, 1.165) is 11.4 Å². The number of nitrogens with zero attached hydrogens (tertiary/aromatic N) is 2. The minimum Gasteiger partial charge on any atom is -0.341 e. The Morgan fingerprint density at radius 3 is 2.34 bits per heavy atom. The molecule has 0 spiro atoms. The second kappa shape index (κ2) is 7.85. The Balaban J connectivity index is 2.03. The highest BCUT2D eigenvalue weighted by Gasteiger charge is 2.16. The summed E-state index contributed by atoms with van der Waals surface area (Å²) in [5, 5.41) is 9.01. The Morgan fingerprint density at radius 1 is 0.966 bits per heavy atom. The highest BCUT2D eigenvalue weighted by molar-refractivity contribution is 6.00.